The largest absolute Gasteiger partial charge is 0.378 e. The zero-order valence-electron chi connectivity index (χ0n) is 13.9. The van der Waals surface area contributed by atoms with Gasteiger partial charge in [0.25, 0.3) is 5.91 Å². The van der Waals surface area contributed by atoms with Crippen molar-refractivity contribution < 1.29 is 19.4 Å². The summed E-state index contributed by atoms with van der Waals surface area (Å²) >= 11 is 0. The maximum Gasteiger partial charge on any atom is 0.254 e. The number of morpholine rings is 1. The number of benzene rings is 1. The monoisotopic (exact) mass is 330 g/mol. The predicted molar refractivity (Wildman–Crippen MR) is 89.1 cm³/mol. The van der Waals surface area contributed by atoms with Gasteiger partial charge in [0.2, 0.25) is 5.91 Å². The smallest absolute Gasteiger partial charge is 0.254 e. The van der Waals surface area contributed by atoms with E-state index in [1.807, 2.05) is 0 Å². The second-order valence-electron chi connectivity index (χ2n) is 6.29. The van der Waals surface area contributed by atoms with Gasteiger partial charge in [-0.3, -0.25) is 9.59 Å². The number of hydrogen-bond acceptors (Lipinski definition) is 4. The van der Waals surface area contributed by atoms with Crippen molar-refractivity contribution in [1.82, 2.24) is 4.90 Å². The summed E-state index contributed by atoms with van der Waals surface area (Å²) in [5, 5.41) is 9.67. The number of primary amides is 1. The first kappa shape index (κ1) is 18.0. The van der Waals surface area contributed by atoms with Gasteiger partial charge in [-0.05, 0) is 32.0 Å². The third-order valence-corrected chi connectivity index (χ3v) is 3.55. The van der Waals surface area contributed by atoms with Crippen molar-refractivity contribution >= 4 is 11.8 Å². The van der Waals surface area contributed by atoms with Gasteiger partial charge >= 0.3 is 0 Å². The third-order valence-electron chi connectivity index (χ3n) is 3.55. The van der Waals surface area contributed by atoms with Crippen molar-refractivity contribution in [3.8, 4) is 11.8 Å². The molecular formula is C18H22N2O4. The molecule has 24 heavy (non-hydrogen) atoms. The number of carbonyl (C=O) groups is 2. The summed E-state index contributed by atoms with van der Waals surface area (Å²) in [6.45, 7) is 4.33. The first-order chi connectivity index (χ1) is 11.3. The number of nitrogens with two attached hydrogens (primary N) is 1. The summed E-state index contributed by atoms with van der Waals surface area (Å²) in [4.78, 5) is 25.6. The minimum atomic E-state index is -1.10. The summed E-state index contributed by atoms with van der Waals surface area (Å²) in [5.41, 5.74) is 5.28. The molecule has 2 amide bonds. The highest BCUT2D eigenvalue weighted by molar-refractivity contribution is 5.95. The molecule has 1 fully saturated rings. The zero-order valence-corrected chi connectivity index (χ0v) is 13.9. The molecule has 1 aliphatic rings. The summed E-state index contributed by atoms with van der Waals surface area (Å²) in [5.74, 6) is 4.93. The lowest BCUT2D eigenvalue weighted by molar-refractivity contribution is -0.120. The van der Waals surface area contributed by atoms with Gasteiger partial charge in [0, 0.05) is 24.1 Å². The van der Waals surface area contributed by atoms with E-state index in [2.05, 4.69) is 11.8 Å². The van der Waals surface area contributed by atoms with Crippen LogP contribution in [0.2, 0.25) is 0 Å². The minimum absolute atomic E-state index is 0.0734. The second kappa shape index (κ2) is 7.47. The Morgan fingerprint density at radius 2 is 2.21 bits per heavy atom. The van der Waals surface area contributed by atoms with Crippen LogP contribution in [-0.4, -0.2) is 53.2 Å². The van der Waals surface area contributed by atoms with Crippen LogP contribution in [0, 0.1) is 11.8 Å². The molecule has 0 aliphatic carbocycles. The Balaban J connectivity index is 2.21. The van der Waals surface area contributed by atoms with Crippen LogP contribution in [0.3, 0.4) is 0 Å². The maximum absolute atomic E-state index is 12.8. The van der Waals surface area contributed by atoms with E-state index in [4.69, 9.17) is 10.5 Å². The molecule has 1 unspecified atom stereocenters. The molecule has 1 aliphatic heterocycles. The Kier molecular flexibility index (Phi) is 5.60. The Morgan fingerprint density at radius 1 is 1.46 bits per heavy atom. The Hall–Kier alpha value is -2.36. The highest BCUT2D eigenvalue weighted by Crippen LogP contribution is 2.16. The molecule has 1 aromatic carbocycles. The summed E-state index contributed by atoms with van der Waals surface area (Å²) in [6.07, 6.45) is 0.0734. The summed E-state index contributed by atoms with van der Waals surface area (Å²) in [6, 6.07) is 6.54. The van der Waals surface area contributed by atoms with Crippen LogP contribution < -0.4 is 5.73 Å². The molecule has 0 aromatic heterocycles. The molecule has 0 spiro atoms. The van der Waals surface area contributed by atoms with Gasteiger partial charge < -0.3 is 20.5 Å². The minimum Gasteiger partial charge on any atom is -0.378 e. The molecule has 1 heterocycles. The number of nitrogens with zero attached hydrogens (tertiary/aromatic N) is 1. The van der Waals surface area contributed by atoms with E-state index in [-0.39, 0.29) is 18.4 Å². The molecule has 3 N–H and O–H groups in total. The van der Waals surface area contributed by atoms with Gasteiger partial charge in [0.1, 0.15) is 5.60 Å². The van der Waals surface area contributed by atoms with Gasteiger partial charge in [-0.25, -0.2) is 0 Å². The van der Waals surface area contributed by atoms with Crippen LogP contribution in [-0.2, 0) is 9.53 Å². The Bertz CT molecular complexity index is 682. The molecule has 1 saturated heterocycles. The van der Waals surface area contributed by atoms with E-state index in [1.54, 1.807) is 43.0 Å². The van der Waals surface area contributed by atoms with Crippen molar-refractivity contribution in [2.45, 2.75) is 31.9 Å². The molecule has 1 aromatic rings. The van der Waals surface area contributed by atoms with Gasteiger partial charge in [0.15, 0.2) is 0 Å². The predicted octanol–water partition coefficient (Wildman–Crippen LogP) is 0.525. The van der Waals surface area contributed by atoms with Crippen LogP contribution in [0.15, 0.2) is 24.3 Å². The lowest BCUT2D eigenvalue weighted by atomic mass is 10.1. The molecule has 6 heteroatoms. The van der Waals surface area contributed by atoms with Crippen molar-refractivity contribution in [2.24, 2.45) is 5.73 Å². The van der Waals surface area contributed by atoms with Crippen LogP contribution in [0.4, 0.5) is 0 Å². The molecule has 2 rings (SSSR count). The van der Waals surface area contributed by atoms with Crippen LogP contribution >= 0.6 is 0 Å². The van der Waals surface area contributed by atoms with Gasteiger partial charge in [-0.15, -0.1) is 0 Å². The highest BCUT2D eigenvalue weighted by atomic mass is 16.5. The molecule has 128 valence electrons. The number of aliphatic hydroxyl groups is 1. The molecular weight excluding hydrogens is 308 g/mol. The highest BCUT2D eigenvalue weighted by Gasteiger charge is 2.29. The number of ether oxygens (including phenoxy) is 1. The van der Waals surface area contributed by atoms with Crippen molar-refractivity contribution in [2.75, 3.05) is 19.8 Å². The molecule has 0 radical (unpaired) electrons. The van der Waals surface area contributed by atoms with E-state index in [1.165, 1.54) is 0 Å². The van der Waals surface area contributed by atoms with Crippen molar-refractivity contribution in [3.63, 3.8) is 0 Å². The van der Waals surface area contributed by atoms with Crippen LogP contribution in [0.1, 0.15) is 36.2 Å². The average molecular weight is 330 g/mol. The van der Waals surface area contributed by atoms with Gasteiger partial charge in [0.05, 0.1) is 19.3 Å². The molecule has 0 bridgehead atoms. The standard InChI is InChI=1S/C18H22N2O4/c1-18(2,23)7-6-13-4-3-5-14(10-13)17(22)20-8-9-24-12-15(20)11-16(19)21/h3-5,10,15,23H,8-9,11-12H2,1-2H3,(H2,19,21). The van der Waals surface area contributed by atoms with E-state index >= 15 is 0 Å². The Morgan fingerprint density at radius 3 is 2.88 bits per heavy atom. The topological polar surface area (TPSA) is 92.9 Å². The fourth-order valence-electron chi connectivity index (χ4n) is 2.44. The quantitative estimate of drug-likeness (QED) is 0.791. The van der Waals surface area contributed by atoms with Crippen molar-refractivity contribution in [1.29, 1.82) is 0 Å². The van der Waals surface area contributed by atoms with Crippen LogP contribution in [0.25, 0.3) is 0 Å². The Labute approximate surface area is 141 Å². The SMILES string of the molecule is CC(C)(O)C#Cc1cccc(C(=O)N2CCOCC2CC(N)=O)c1. The lowest BCUT2D eigenvalue weighted by Crippen LogP contribution is -2.50. The first-order valence-corrected chi connectivity index (χ1v) is 7.79. The average Bonchev–Trinajstić information content (AvgIpc) is 2.52. The molecule has 0 saturated carbocycles. The number of carbonyl (C=O) groups excluding carboxylic acids is 2. The lowest BCUT2D eigenvalue weighted by Gasteiger charge is -2.35. The fourth-order valence-corrected chi connectivity index (χ4v) is 2.44. The maximum atomic E-state index is 12.8. The van der Waals surface area contributed by atoms with E-state index in [0.717, 1.165) is 0 Å². The van der Waals surface area contributed by atoms with E-state index in [0.29, 0.717) is 30.9 Å². The van der Waals surface area contributed by atoms with Gasteiger partial charge in [-0.1, -0.05) is 17.9 Å². The molecule has 1 atom stereocenters. The zero-order chi connectivity index (χ0) is 17.7. The first-order valence-electron chi connectivity index (χ1n) is 7.79. The number of hydrogen-bond donors (Lipinski definition) is 2. The summed E-state index contributed by atoms with van der Waals surface area (Å²) in [7, 11) is 0. The fraction of sp³-hybridized carbons (Fsp3) is 0.444. The number of amides is 2. The normalized spacial score (nSPS) is 17.8. The van der Waals surface area contributed by atoms with Crippen LogP contribution in [0.5, 0.6) is 0 Å². The third kappa shape index (κ3) is 5.08. The molecule has 6 nitrogen and oxygen atoms in total. The summed E-state index contributed by atoms with van der Waals surface area (Å²) < 4.78 is 5.35. The van der Waals surface area contributed by atoms with E-state index in [9.17, 15) is 14.7 Å². The second-order valence-corrected chi connectivity index (χ2v) is 6.29. The number of rotatable bonds is 3. The van der Waals surface area contributed by atoms with Crippen molar-refractivity contribution in [3.05, 3.63) is 35.4 Å². The van der Waals surface area contributed by atoms with E-state index < -0.39 is 11.5 Å². The van der Waals surface area contributed by atoms with Gasteiger partial charge in [-0.2, -0.15) is 0 Å².